The van der Waals surface area contributed by atoms with Crippen molar-refractivity contribution in [1.82, 2.24) is 50.6 Å². The van der Waals surface area contributed by atoms with Crippen LogP contribution in [0.5, 0.6) is 0 Å². The minimum absolute atomic E-state index is 0.0252. The summed E-state index contributed by atoms with van der Waals surface area (Å²) in [4.78, 5) is 93.4. The molecule has 2 aromatic carbocycles. The van der Waals surface area contributed by atoms with Crippen molar-refractivity contribution in [3.8, 4) is 10.4 Å². The number of halogens is 1. The van der Waals surface area contributed by atoms with Crippen molar-refractivity contribution in [2.75, 3.05) is 57.3 Å². The molecule has 5 amide bonds. The minimum atomic E-state index is -1.05. The molecule has 72 heavy (non-hydrogen) atoms. The number of hydrogen-bond donors (Lipinski definition) is 6. The van der Waals surface area contributed by atoms with Crippen LogP contribution in [0.4, 0.5) is 5.82 Å². The Morgan fingerprint density at radius 2 is 1.65 bits per heavy atom. The molecule has 384 valence electrons. The Balaban J connectivity index is 0.774. The highest BCUT2D eigenvalue weighted by atomic mass is 35.5. The van der Waals surface area contributed by atoms with Crippen LogP contribution < -0.4 is 26.6 Å². The normalized spacial score (nSPS) is 19.2. The number of aromatic nitrogens is 4. The van der Waals surface area contributed by atoms with E-state index >= 15 is 0 Å². The molecule has 0 aliphatic carbocycles. The number of amides is 5. The van der Waals surface area contributed by atoms with Gasteiger partial charge in [-0.1, -0.05) is 68.8 Å². The van der Waals surface area contributed by atoms with Crippen LogP contribution in [0.15, 0.2) is 72.6 Å². The average Bonchev–Trinajstić information content (AvgIpc) is 4.14. The highest BCUT2D eigenvalue weighted by molar-refractivity contribution is 7.13. The van der Waals surface area contributed by atoms with Gasteiger partial charge in [0.25, 0.3) is 0 Å². The molecule has 3 aromatic heterocycles. The van der Waals surface area contributed by atoms with E-state index in [2.05, 4.69) is 45.7 Å². The summed E-state index contributed by atoms with van der Waals surface area (Å²) in [7, 11) is 0. The van der Waals surface area contributed by atoms with Crippen LogP contribution in [0.2, 0.25) is 5.02 Å². The lowest BCUT2D eigenvalue weighted by Crippen LogP contribution is -2.60. The van der Waals surface area contributed by atoms with Gasteiger partial charge in [0, 0.05) is 89.4 Å². The lowest BCUT2D eigenvalue weighted by atomic mass is 9.85. The van der Waals surface area contributed by atoms with Gasteiger partial charge in [-0.15, -0.1) is 11.3 Å². The molecular formula is C52H67ClN12O6S. The predicted molar refractivity (Wildman–Crippen MR) is 278 cm³/mol. The highest BCUT2D eigenvalue weighted by Crippen LogP contribution is 2.31. The van der Waals surface area contributed by atoms with Crippen molar-refractivity contribution in [2.45, 2.75) is 109 Å². The van der Waals surface area contributed by atoms with Gasteiger partial charge in [0.1, 0.15) is 29.9 Å². The number of β-amino-alcohol motifs (C(OH)–C–C–N with tert-alkyl or cyclic N) is 1. The van der Waals surface area contributed by atoms with E-state index in [1.165, 1.54) is 11.2 Å². The van der Waals surface area contributed by atoms with Crippen LogP contribution in [0.1, 0.15) is 88.6 Å². The first-order valence-electron chi connectivity index (χ1n) is 24.9. The molecule has 0 spiro atoms. The Kier molecular flexibility index (Phi) is 16.6. The summed E-state index contributed by atoms with van der Waals surface area (Å²) in [5, 5.41) is 21.3. The molecular weight excluding hydrogens is 956 g/mol. The zero-order chi connectivity index (χ0) is 51.2. The minimum Gasteiger partial charge on any atom is -0.391 e. The maximum atomic E-state index is 14.1. The second kappa shape index (κ2) is 22.8. The van der Waals surface area contributed by atoms with Gasteiger partial charge in [0.2, 0.25) is 29.5 Å². The molecule has 4 atom stereocenters. The summed E-state index contributed by atoms with van der Waals surface area (Å²) in [5.41, 5.74) is 11.5. The van der Waals surface area contributed by atoms with Gasteiger partial charge in [-0.05, 0) is 72.9 Å². The number of fused-ring (bicyclic) bond motifs is 1. The van der Waals surface area contributed by atoms with E-state index in [1.807, 2.05) is 98.9 Å². The van der Waals surface area contributed by atoms with Gasteiger partial charge in [0.05, 0.1) is 39.2 Å². The monoisotopic (exact) mass is 1020 g/mol. The molecule has 5 aromatic rings. The number of aryl methyl sites for hydroxylation is 1. The number of carbonyl (C=O) groups excluding carboxylic acids is 5. The van der Waals surface area contributed by atoms with Gasteiger partial charge in [-0.3, -0.25) is 28.9 Å². The highest BCUT2D eigenvalue weighted by Gasteiger charge is 2.45. The van der Waals surface area contributed by atoms with Gasteiger partial charge < -0.3 is 46.5 Å². The van der Waals surface area contributed by atoms with Crippen molar-refractivity contribution in [3.05, 3.63) is 94.5 Å². The van der Waals surface area contributed by atoms with Gasteiger partial charge in [0.15, 0.2) is 0 Å². The lowest BCUT2D eigenvalue weighted by molar-refractivity contribution is -0.144. The van der Waals surface area contributed by atoms with Gasteiger partial charge in [-0.2, -0.15) is 0 Å². The number of aliphatic hydroxyl groups excluding tert-OH is 1. The fraction of sp³-hybridized carbons (Fsp3) is 0.500. The third kappa shape index (κ3) is 12.6. The molecule has 3 saturated heterocycles. The quantitative estimate of drug-likeness (QED) is 0.0744. The molecule has 20 heteroatoms. The van der Waals surface area contributed by atoms with Crippen molar-refractivity contribution in [1.29, 1.82) is 0 Å². The number of H-pyrrole nitrogens is 1. The SMILES string of the molecule is Cc1ncsc1-c1ccc(CNC(=O)[C@@H]2C[C@@H](O)CN2C(=O)C(NC(=O)CCCC(=O)N2CCN(CC[C@H](NC(=O)C3(N)CCN(c4ncnc5[nH]ccc45)CC3)c3ccc(Cl)cc3)CC2)C(C)(C)C)cc1. The number of nitrogens with zero attached hydrogens (tertiary/aromatic N) is 7. The molecule has 18 nitrogen and oxygen atoms in total. The standard InChI is InChI=1S/C52H67ClN12O6S/c1-33-44(72-32-59-33)36-10-8-34(9-11-36)29-56-48(69)41-28-38(66)30-65(41)49(70)45(51(2,3)4)61-42(67)6-5-7-43(68)63-26-24-62(25-27-63)21-17-40(35-12-14-37(53)15-13-35)60-50(71)52(54)18-22-64(23-19-52)47-39-16-20-55-46(39)57-31-58-47/h8-16,20,31-32,38,40-41,45,66H,5-7,17-19,21-30,54H2,1-4H3,(H,56,69)(H,60,71)(H,61,67)(H,55,57,58)/t38-,40+,41+,45?/m1/s1. The molecule has 6 heterocycles. The van der Waals surface area contributed by atoms with Crippen LogP contribution in [-0.2, 0) is 30.5 Å². The van der Waals surface area contributed by atoms with E-state index in [0.717, 1.165) is 44.1 Å². The number of likely N-dealkylation sites (tertiary alicyclic amines) is 1. The fourth-order valence-corrected chi connectivity index (χ4v) is 10.8. The Hall–Kier alpha value is -5.99. The number of aliphatic hydroxyl groups is 1. The number of nitrogens with two attached hydrogens (primary N) is 1. The van der Waals surface area contributed by atoms with E-state index in [9.17, 15) is 29.1 Å². The zero-order valence-corrected chi connectivity index (χ0v) is 43.1. The Bertz CT molecular complexity index is 2690. The van der Waals surface area contributed by atoms with Crippen molar-refractivity contribution >= 4 is 69.3 Å². The second-order valence-corrected chi connectivity index (χ2v) is 21.8. The summed E-state index contributed by atoms with van der Waals surface area (Å²) in [5.74, 6) is -0.599. The molecule has 3 fully saturated rings. The second-order valence-electron chi connectivity index (χ2n) is 20.5. The van der Waals surface area contributed by atoms with Crippen LogP contribution in [-0.4, -0.2) is 145 Å². The van der Waals surface area contributed by atoms with Crippen LogP contribution in [0.3, 0.4) is 0 Å². The maximum absolute atomic E-state index is 14.1. The first-order chi connectivity index (χ1) is 34.5. The number of piperazine rings is 1. The Labute approximate surface area is 429 Å². The molecule has 3 aliphatic rings. The molecule has 1 unspecified atom stereocenters. The molecule has 8 rings (SSSR count). The lowest BCUT2D eigenvalue weighted by Gasteiger charge is -2.39. The van der Waals surface area contributed by atoms with Crippen LogP contribution >= 0.6 is 22.9 Å². The van der Waals surface area contributed by atoms with E-state index in [0.29, 0.717) is 76.5 Å². The summed E-state index contributed by atoms with van der Waals surface area (Å²) in [6.45, 7) is 11.9. The number of anilines is 1. The maximum Gasteiger partial charge on any atom is 0.246 e. The molecule has 0 saturated carbocycles. The number of hydrogen-bond acceptors (Lipinski definition) is 13. The summed E-state index contributed by atoms with van der Waals surface area (Å²) >= 11 is 7.82. The topological polar surface area (TPSA) is 235 Å². The molecule has 0 radical (unpaired) electrons. The van der Waals surface area contributed by atoms with E-state index in [-0.39, 0.29) is 62.0 Å². The first-order valence-corrected chi connectivity index (χ1v) is 26.1. The largest absolute Gasteiger partial charge is 0.391 e. The number of carbonyl (C=O) groups is 5. The number of piperidine rings is 1. The van der Waals surface area contributed by atoms with Crippen LogP contribution in [0.25, 0.3) is 21.5 Å². The summed E-state index contributed by atoms with van der Waals surface area (Å²) in [6.07, 6.45) is 4.63. The average molecular weight is 1020 g/mol. The molecule has 7 N–H and O–H groups in total. The molecule has 0 bridgehead atoms. The fourth-order valence-electron chi connectivity index (χ4n) is 9.88. The third-order valence-corrected chi connectivity index (χ3v) is 15.5. The molecule has 3 aliphatic heterocycles. The van der Waals surface area contributed by atoms with Gasteiger partial charge in [-0.25, -0.2) is 15.0 Å². The number of aromatic amines is 1. The smallest absolute Gasteiger partial charge is 0.246 e. The third-order valence-electron chi connectivity index (χ3n) is 14.3. The van der Waals surface area contributed by atoms with Gasteiger partial charge >= 0.3 is 0 Å². The van der Waals surface area contributed by atoms with E-state index < -0.39 is 35.0 Å². The summed E-state index contributed by atoms with van der Waals surface area (Å²) < 4.78 is 0. The van der Waals surface area contributed by atoms with Crippen LogP contribution in [0, 0.1) is 12.3 Å². The number of rotatable bonds is 17. The van der Waals surface area contributed by atoms with E-state index in [1.54, 1.807) is 11.3 Å². The van der Waals surface area contributed by atoms with Crippen molar-refractivity contribution in [3.63, 3.8) is 0 Å². The Morgan fingerprint density at radius 3 is 2.33 bits per heavy atom. The van der Waals surface area contributed by atoms with Crippen molar-refractivity contribution in [2.24, 2.45) is 11.1 Å². The van der Waals surface area contributed by atoms with Crippen molar-refractivity contribution < 1.29 is 29.1 Å². The predicted octanol–water partition coefficient (Wildman–Crippen LogP) is 4.71. The zero-order valence-electron chi connectivity index (χ0n) is 41.5. The summed E-state index contributed by atoms with van der Waals surface area (Å²) in [6, 6.07) is 15.1. The Morgan fingerprint density at radius 1 is 0.931 bits per heavy atom. The number of nitrogens with one attached hydrogen (secondary N) is 4. The first kappa shape index (κ1) is 52.3. The van der Waals surface area contributed by atoms with E-state index in [4.69, 9.17) is 17.3 Å². The number of thiazole rings is 1. The number of benzene rings is 2.